The number of hydrogen-bond donors (Lipinski definition) is 1. The van der Waals surface area contributed by atoms with Crippen LogP contribution in [0.2, 0.25) is 0 Å². The molecule has 24 heavy (non-hydrogen) atoms. The lowest BCUT2D eigenvalue weighted by molar-refractivity contribution is 0.353. The third kappa shape index (κ3) is 2.97. The molecule has 3 heterocycles. The van der Waals surface area contributed by atoms with E-state index in [0.29, 0.717) is 5.88 Å². The van der Waals surface area contributed by atoms with Gasteiger partial charge < -0.3 is 9.64 Å². The zero-order valence-corrected chi connectivity index (χ0v) is 14.3. The molecule has 1 N–H and O–H groups in total. The predicted molar refractivity (Wildman–Crippen MR) is 92.2 cm³/mol. The molecule has 0 radical (unpaired) electrons. The third-order valence-electron chi connectivity index (χ3n) is 5.37. The van der Waals surface area contributed by atoms with Crippen LogP contribution in [0.4, 0.5) is 5.82 Å². The van der Waals surface area contributed by atoms with Crippen LogP contribution in [0.15, 0.2) is 12.4 Å². The van der Waals surface area contributed by atoms with E-state index in [-0.39, 0.29) is 0 Å². The SMILES string of the molecule is COc1nccnc1N1CCc2[nH]nc(CC3CCCCC3)c2C1. The second-order valence-corrected chi connectivity index (χ2v) is 6.90. The summed E-state index contributed by atoms with van der Waals surface area (Å²) in [5.41, 5.74) is 3.91. The molecule has 0 amide bonds. The van der Waals surface area contributed by atoms with Gasteiger partial charge in [-0.1, -0.05) is 32.1 Å². The maximum Gasteiger partial charge on any atom is 0.257 e. The van der Waals surface area contributed by atoms with E-state index in [1.807, 2.05) is 0 Å². The number of anilines is 1. The van der Waals surface area contributed by atoms with Gasteiger partial charge in [-0.2, -0.15) is 5.10 Å². The summed E-state index contributed by atoms with van der Waals surface area (Å²) in [6.07, 6.45) is 12.3. The molecule has 4 rings (SSSR count). The predicted octanol–water partition coefficient (Wildman–Crippen LogP) is 2.89. The van der Waals surface area contributed by atoms with Crippen LogP contribution in [0.25, 0.3) is 0 Å². The van der Waals surface area contributed by atoms with Gasteiger partial charge in [0.1, 0.15) is 0 Å². The van der Waals surface area contributed by atoms with E-state index in [4.69, 9.17) is 4.74 Å². The molecule has 0 atom stereocenters. The highest BCUT2D eigenvalue weighted by atomic mass is 16.5. The minimum atomic E-state index is 0.596. The Kier molecular flexibility index (Phi) is 4.36. The Morgan fingerprint density at radius 1 is 1.21 bits per heavy atom. The number of fused-ring (bicyclic) bond motifs is 1. The van der Waals surface area contributed by atoms with Gasteiger partial charge in [0.2, 0.25) is 0 Å². The molecule has 1 fully saturated rings. The number of aromatic amines is 1. The fourth-order valence-corrected chi connectivity index (χ4v) is 4.05. The number of methoxy groups -OCH3 is 1. The summed E-state index contributed by atoms with van der Waals surface area (Å²) in [6, 6.07) is 0. The zero-order valence-electron chi connectivity index (χ0n) is 14.3. The minimum Gasteiger partial charge on any atom is -0.478 e. The Morgan fingerprint density at radius 2 is 2.04 bits per heavy atom. The molecule has 0 unspecified atom stereocenters. The van der Waals surface area contributed by atoms with Gasteiger partial charge in [0.25, 0.3) is 5.88 Å². The maximum atomic E-state index is 5.38. The summed E-state index contributed by atoms with van der Waals surface area (Å²) >= 11 is 0. The number of aromatic nitrogens is 4. The van der Waals surface area contributed by atoms with Crippen molar-refractivity contribution in [2.75, 3.05) is 18.6 Å². The fraction of sp³-hybridized carbons (Fsp3) is 0.611. The second-order valence-electron chi connectivity index (χ2n) is 6.90. The van der Waals surface area contributed by atoms with Crippen molar-refractivity contribution < 1.29 is 4.74 Å². The van der Waals surface area contributed by atoms with Crippen LogP contribution in [-0.2, 0) is 19.4 Å². The van der Waals surface area contributed by atoms with E-state index < -0.39 is 0 Å². The molecule has 0 bridgehead atoms. The van der Waals surface area contributed by atoms with E-state index in [2.05, 4.69) is 25.1 Å². The number of nitrogens with zero attached hydrogens (tertiary/aromatic N) is 4. The summed E-state index contributed by atoms with van der Waals surface area (Å²) in [7, 11) is 1.65. The molecule has 0 aromatic carbocycles. The Balaban J connectivity index is 1.54. The smallest absolute Gasteiger partial charge is 0.257 e. The lowest BCUT2D eigenvalue weighted by Crippen LogP contribution is -2.31. The van der Waals surface area contributed by atoms with Crippen molar-refractivity contribution in [1.29, 1.82) is 0 Å². The third-order valence-corrected chi connectivity index (χ3v) is 5.37. The first-order valence-electron chi connectivity index (χ1n) is 9.00. The first-order valence-corrected chi connectivity index (χ1v) is 9.00. The quantitative estimate of drug-likeness (QED) is 0.935. The highest BCUT2D eigenvalue weighted by Crippen LogP contribution is 2.32. The van der Waals surface area contributed by atoms with Crippen molar-refractivity contribution in [3.63, 3.8) is 0 Å². The van der Waals surface area contributed by atoms with E-state index in [0.717, 1.165) is 37.7 Å². The first kappa shape index (κ1) is 15.4. The summed E-state index contributed by atoms with van der Waals surface area (Å²) in [4.78, 5) is 11.0. The molecule has 2 aliphatic rings. The van der Waals surface area contributed by atoms with Gasteiger partial charge in [-0.3, -0.25) is 5.10 Å². The molecule has 6 nitrogen and oxygen atoms in total. The standard InChI is InChI=1S/C18H25N5O/c1-24-18-17(19-8-9-20-18)23-10-7-15-14(12-23)16(22-21-15)11-13-5-3-2-4-6-13/h8-9,13H,2-7,10-12H2,1H3,(H,21,22). The second kappa shape index (κ2) is 6.79. The summed E-state index contributed by atoms with van der Waals surface area (Å²) in [6.45, 7) is 1.75. The van der Waals surface area contributed by atoms with Crippen LogP contribution in [0.1, 0.15) is 49.1 Å². The van der Waals surface area contributed by atoms with Crippen LogP contribution < -0.4 is 9.64 Å². The number of ether oxygens (including phenoxy) is 1. The minimum absolute atomic E-state index is 0.596. The highest BCUT2D eigenvalue weighted by molar-refractivity contribution is 5.50. The van der Waals surface area contributed by atoms with Crippen molar-refractivity contribution in [2.24, 2.45) is 5.92 Å². The topological polar surface area (TPSA) is 66.9 Å². The average molecular weight is 327 g/mol. The van der Waals surface area contributed by atoms with Gasteiger partial charge in [-0.15, -0.1) is 0 Å². The van der Waals surface area contributed by atoms with Crippen molar-refractivity contribution in [3.05, 3.63) is 29.3 Å². The first-order chi connectivity index (χ1) is 11.8. The van der Waals surface area contributed by atoms with Crippen molar-refractivity contribution in [1.82, 2.24) is 20.2 Å². The van der Waals surface area contributed by atoms with E-state index >= 15 is 0 Å². The average Bonchev–Trinajstić information content (AvgIpc) is 3.04. The molecular weight excluding hydrogens is 302 g/mol. The van der Waals surface area contributed by atoms with Crippen molar-refractivity contribution >= 4 is 5.82 Å². The number of rotatable bonds is 4. The molecule has 2 aromatic rings. The van der Waals surface area contributed by atoms with Crippen molar-refractivity contribution in [3.8, 4) is 5.88 Å². The Hall–Kier alpha value is -2.11. The van der Waals surface area contributed by atoms with Crippen LogP contribution in [0, 0.1) is 5.92 Å². The number of hydrogen-bond acceptors (Lipinski definition) is 5. The van der Waals surface area contributed by atoms with Gasteiger partial charge in [0.05, 0.1) is 12.8 Å². The van der Waals surface area contributed by atoms with Crippen molar-refractivity contribution in [2.45, 2.75) is 51.5 Å². The highest BCUT2D eigenvalue weighted by Gasteiger charge is 2.26. The number of H-pyrrole nitrogens is 1. The zero-order chi connectivity index (χ0) is 16.4. The fourth-order valence-electron chi connectivity index (χ4n) is 4.05. The summed E-state index contributed by atoms with van der Waals surface area (Å²) < 4.78 is 5.38. The lowest BCUT2D eigenvalue weighted by atomic mass is 9.85. The van der Waals surface area contributed by atoms with E-state index in [1.54, 1.807) is 19.5 Å². The molecule has 6 heteroatoms. The molecule has 1 aliphatic carbocycles. The van der Waals surface area contributed by atoms with Crippen LogP contribution >= 0.6 is 0 Å². The largest absolute Gasteiger partial charge is 0.478 e. The number of nitrogens with one attached hydrogen (secondary N) is 1. The van der Waals surface area contributed by atoms with Gasteiger partial charge in [0, 0.05) is 43.2 Å². The molecule has 0 saturated heterocycles. The van der Waals surface area contributed by atoms with Crippen LogP contribution in [0.5, 0.6) is 5.88 Å². The van der Waals surface area contributed by atoms with Gasteiger partial charge in [-0.25, -0.2) is 9.97 Å². The molecule has 2 aromatic heterocycles. The monoisotopic (exact) mass is 327 g/mol. The van der Waals surface area contributed by atoms with Crippen LogP contribution in [-0.4, -0.2) is 33.8 Å². The molecule has 128 valence electrons. The van der Waals surface area contributed by atoms with Crippen LogP contribution in [0.3, 0.4) is 0 Å². The molecule has 0 spiro atoms. The normalized spacial score (nSPS) is 18.5. The Labute approximate surface area is 142 Å². The Bertz CT molecular complexity index is 692. The van der Waals surface area contributed by atoms with Gasteiger partial charge in [0.15, 0.2) is 5.82 Å². The Morgan fingerprint density at radius 3 is 2.88 bits per heavy atom. The van der Waals surface area contributed by atoms with E-state index in [1.165, 1.54) is 49.1 Å². The van der Waals surface area contributed by atoms with E-state index in [9.17, 15) is 0 Å². The van der Waals surface area contributed by atoms with Gasteiger partial charge >= 0.3 is 0 Å². The summed E-state index contributed by atoms with van der Waals surface area (Å²) in [5.74, 6) is 2.22. The molecule has 1 aliphatic heterocycles. The molecular formula is C18H25N5O. The lowest BCUT2D eigenvalue weighted by Gasteiger charge is -2.29. The summed E-state index contributed by atoms with van der Waals surface area (Å²) in [5, 5.41) is 7.92. The maximum absolute atomic E-state index is 5.38. The van der Waals surface area contributed by atoms with Gasteiger partial charge in [-0.05, 0) is 12.3 Å². The molecule has 1 saturated carbocycles.